The lowest BCUT2D eigenvalue weighted by molar-refractivity contribution is -0.0258. The summed E-state index contributed by atoms with van der Waals surface area (Å²) < 4.78 is 5.31. The van der Waals surface area contributed by atoms with E-state index >= 15 is 0 Å². The number of ether oxygens (including phenoxy) is 1. The van der Waals surface area contributed by atoms with Crippen LogP contribution in [0.3, 0.4) is 0 Å². The van der Waals surface area contributed by atoms with Gasteiger partial charge >= 0.3 is 0 Å². The zero-order valence-corrected chi connectivity index (χ0v) is 8.75. The first kappa shape index (κ1) is 11.0. The Morgan fingerprint density at radius 2 is 2.00 bits per heavy atom. The van der Waals surface area contributed by atoms with E-state index in [1.165, 1.54) is 0 Å². The van der Waals surface area contributed by atoms with E-state index in [1.807, 2.05) is 0 Å². The Balaban J connectivity index is 2.51. The molecule has 1 N–H and O–H groups in total. The topological polar surface area (TPSA) is 32.7 Å². The van der Waals surface area contributed by atoms with E-state index in [1.54, 1.807) is 0 Å². The third kappa shape index (κ3) is 2.66. The van der Waals surface area contributed by atoms with Gasteiger partial charge in [0.15, 0.2) is 0 Å². The minimum Gasteiger partial charge on any atom is -0.396 e. The maximum Gasteiger partial charge on any atom is 0.0594 e. The number of morpholine rings is 1. The van der Waals surface area contributed by atoms with Gasteiger partial charge in [0.25, 0.3) is 0 Å². The molecule has 0 aliphatic carbocycles. The van der Waals surface area contributed by atoms with Gasteiger partial charge in [-0.25, -0.2) is 0 Å². The van der Waals surface area contributed by atoms with Crippen LogP contribution in [-0.2, 0) is 4.74 Å². The van der Waals surface area contributed by atoms with Crippen LogP contribution in [0.15, 0.2) is 0 Å². The number of rotatable bonds is 4. The summed E-state index contributed by atoms with van der Waals surface area (Å²) in [6, 6.07) is 0. The summed E-state index contributed by atoms with van der Waals surface area (Å²) in [6.45, 7) is 8.37. The Morgan fingerprint density at radius 3 is 2.46 bits per heavy atom. The van der Waals surface area contributed by atoms with Gasteiger partial charge in [-0.05, 0) is 19.8 Å². The largest absolute Gasteiger partial charge is 0.396 e. The van der Waals surface area contributed by atoms with Crippen LogP contribution in [0.25, 0.3) is 0 Å². The molecule has 1 heterocycles. The van der Waals surface area contributed by atoms with Crippen molar-refractivity contribution in [2.24, 2.45) is 0 Å². The molecule has 1 aliphatic heterocycles. The predicted octanol–water partition coefficient (Wildman–Crippen LogP) is 0.870. The lowest BCUT2D eigenvalue weighted by atomic mass is 9.92. The lowest BCUT2D eigenvalue weighted by Crippen LogP contribution is -2.51. The molecular weight excluding hydrogens is 166 g/mol. The van der Waals surface area contributed by atoms with Gasteiger partial charge in [-0.3, -0.25) is 4.90 Å². The maximum absolute atomic E-state index is 9.01. The van der Waals surface area contributed by atoms with Crippen molar-refractivity contribution in [3.8, 4) is 0 Å². The number of aliphatic hydroxyl groups is 1. The van der Waals surface area contributed by atoms with E-state index in [0.717, 1.165) is 39.1 Å². The quantitative estimate of drug-likeness (QED) is 0.709. The highest BCUT2D eigenvalue weighted by Gasteiger charge is 2.30. The molecule has 0 amide bonds. The summed E-state index contributed by atoms with van der Waals surface area (Å²) in [5, 5.41) is 9.01. The van der Waals surface area contributed by atoms with Crippen LogP contribution in [-0.4, -0.2) is 48.5 Å². The molecule has 78 valence electrons. The number of nitrogens with zero attached hydrogens (tertiary/aromatic N) is 1. The Kier molecular flexibility index (Phi) is 4.16. The highest BCUT2D eigenvalue weighted by atomic mass is 16.5. The SMILES string of the molecule is CCC(C)(CCO)N1CCOCC1. The number of aliphatic hydroxyl groups excluding tert-OH is 1. The molecule has 0 radical (unpaired) electrons. The summed E-state index contributed by atoms with van der Waals surface area (Å²) >= 11 is 0. The van der Waals surface area contributed by atoms with Gasteiger partial charge in [-0.2, -0.15) is 0 Å². The first-order valence-electron chi connectivity index (χ1n) is 5.16. The van der Waals surface area contributed by atoms with Crippen LogP contribution in [0.5, 0.6) is 0 Å². The summed E-state index contributed by atoms with van der Waals surface area (Å²) in [4.78, 5) is 2.44. The summed E-state index contributed by atoms with van der Waals surface area (Å²) in [7, 11) is 0. The van der Waals surface area contributed by atoms with Crippen LogP contribution in [0, 0.1) is 0 Å². The minimum atomic E-state index is 0.165. The average molecular weight is 187 g/mol. The average Bonchev–Trinajstić information content (AvgIpc) is 2.19. The van der Waals surface area contributed by atoms with Gasteiger partial charge in [0.05, 0.1) is 13.2 Å². The van der Waals surface area contributed by atoms with Crippen molar-refractivity contribution in [1.82, 2.24) is 4.90 Å². The molecule has 0 aromatic rings. The fraction of sp³-hybridized carbons (Fsp3) is 1.00. The first-order valence-corrected chi connectivity index (χ1v) is 5.16. The summed E-state index contributed by atoms with van der Waals surface area (Å²) in [5.74, 6) is 0. The van der Waals surface area contributed by atoms with Crippen LogP contribution >= 0.6 is 0 Å². The molecule has 1 rings (SSSR count). The van der Waals surface area contributed by atoms with Gasteiger partial charge in [0.2, 0.25) is 0 Å². The van der Waals surface area contributed by atoms with Crippen LogP contribution in [0.4, 0.5) is 0 Å². The normalized spacial score (nSPS) is 24.2. The fourth-order valence-electron chi connectivity index (χ4n) is 1.90. The molecule has 1 aliphatic rings. The van der Waals surface area contributed by atoms with Crippen LogP contribution in [0.1, 0.15) is 26.7 Å². The van der Waals surface area contributed by atoms with Crippen molar-refractivity contribution in [3.05, 3.63) is 0 Å². The van der Waals surface area contributed by atoms with Crippen molar-refractivity contribution in [1.29, 1.82) is 0 Å². The molecule has 1 unspecified atom stereocenters. The summed E-state index contributed by atoms with van der Waals surface area (Å²) in [6.07, 6.45) is 1.96. The number of hydrogen-bond acceptors (Lipinski definition) is 3. The van der Waals surface area contributed by atoms with Crippen LogP contribution < -0.4 is 0 Å². The zero-order valence-electron chi connectivity index (χ0n) is 8.75. The third-order valence-corrected chi connectivity index (χ3v) is 3.19. The Bertz CT molecular complexity index is 146. The molecule has 3 heteroatoms. The highest BCUT2D eigenvalue weighted by Crippen LogP contribution is 2.23. The second kappa shape index (κ2) is 4.94. The lowest BCUT2D eigenvalue weighted by Gasteiger charge is -2.42. The molecule has 0 spiro atoms. The molecule has 1 saturated heterocycles. The fourth-order valence-corrected chi connectivity index (χ4v) is 1.90. The van der Waals surface area contributed by atoms with Crippen LogP contribution in [0.2, 0.25) is 0 Å². The molecule has 0 aromatic carbocycles. The first-order chi connectivity index (χ1) is 6.23. The highest BCUT2D eigenvalue weighted by molar-refractivity contribution is 4.85. The predicted molar refractivity (Wildman–Crippen MR) is 52.8 cm³/mol. The third-order valence-electron chi connectivity index (χ3n) is 3.19. The minimum absolute atomic E-state index is 0.165. The number of hydrogen-bond donors (Lipinski definition) is 1. The molecular formula is C10H21NO2. The Labute approximate surface area is 80.7 Å². The van der Waals surface area contributed by atoms with E-state index in [0.29, 0.717) is 0 Å². The molecule has 1 fully saturated rings. The van der Waals surface area contributed by atoms with E-state index in [4.69, 9.17) is 9.84 Å². The second-order valence-electron chi connectivity index (χ2n) is 3.92. The van der Waals surface area contributed by atoms with E-state index in [2.05, 4.69) is 18.7 Å². The Morgan fingerprint density at radius 1 is 1.38 bits per heavy atom. The van der Waals surface area contributed by atoms with E-state index in [9.17, 15) is 0 Å². The van der Waals surface area contributed by atoms with Gasteiger partial charge in [-0.15, -0.1) is 0 Å². The van der Waals surface area contributed by atoms with Crippen molar-refractivity contribution in [3.63, 3.8) is 0 Å². The van der Waals surface area contributed by atoms with Crippen molar-refractivity contribution >= 4 is 0 Å². The molecule has 0 saturated carbocycles. The van der Waals surface area contributed by atoms with Crippen molar-refractivity contribution < 1.29 is 9.84 Å². The van der Waals surface area contributed by atoms with Crippen molar-refractivity contribution in [2.75, 3.05) is 32.9 Å². The summed E-state index contributed by atoms with van der Waals surface area (Å²) in [5.41, 5.74) is 0.165. The molecule has 13 heavy (non-hydrogen) atoms. The standard InChI is InChI=1S/C10H21NO2/c1-3-10(2,4-7-12)11-5-8-13-9-6-11/h12H,3-9H2,1-2H3. The van der Waals surface area contributed by atoms with Gasteiger partial charge in [-0.1, -0.05) is 6.92 Å². The second-order valence-corrected chi connectivity index (χ2v) is 3.92. The molecule has 3 nitrogen and oxygen atoms in total. The molecule has 0 bridgehead atoms. The smallest absolute Gasteiger partial charge is 0.0594 e. The van der Waals surface area contributed by atoms with Gasteiger partial charge < -0.3 is 9.84 Å². The monoisotopic (exact) mass is 187 g/mol. The molecule has 1 atom stereocenters. The van der Waals surface area contributed by atoms with E-state index in [-0.39, 0.29) is 12.1 Å². The maximum atomic E-state index is 9.01. The van der Waals surface area contributed by atoms with Gasteiger partial charge in [0.1, 0.15) is 0 Å². The Hall–Kier alpha value is -0.120. The molecule has 0 aromatic heterocycles. The zero-order chi connectivity index (χ0) is 9.73. The van der Waals surface area contributed by atoms with Gasteiger partial charge in [0, 0.05) is 25.2 Å². The van der Waals surface area contributed by atoms with E-state index < -0.39 is 0 Å². The van der Waals surface area contributed by atoms with Crippen molar-refractivity contribution in [2.45, 2.75) is 32.2 Å².